The Kier molecular flexibility index (Phi) is 1.52. The summed E-state index contributed by atoms with van der Waals surface area (Å²) in [5.41, 5.74) is 2.35. The predicted octanol–water partition coefficient (Wildman–Crippen LogP) is 1.87. The molecule has 0 aliphatic carbocycles. The number of hydrogen-bond donors (Lipinski definition) is 0. The number of rotatable bonds is 0. The molecule has 0 bridgehead atoms. The van der Waals surface area contributed by atoms with Crippen LogP contribution in [0.2, 0.25) is 0 Å². The highest BCUT2D eigenvalue weighted by atomic mass is 32.1. The van der Waals surface area contributed by atoms with E-state index >= 15 is 0 Å². The third-order valence-electron chi connectivity index (χ3n) is 1.65. The standard InChI is InChI=1S/C8H5N3S/c1-5-8-7(11-4-10-5)6(2-9)3-12-8/h3-4H,1H3. The topological polar surface area (TPSA) is 49.6 Å². The summed E-state index contributed by atoms with van der Waals surface area (Å²) in [4.78, 5) is 8.09. The van der Waals surface area contributed by atoms with E-state index in [4.69, 9.17) is 5.26 Å². The highest BCUT2D eigenvalue weighted by Crippen LogP contribution is 2.24. The van der Waals surface area contributed by atoms with Crippen LogP contribution in [-0.2, 0) is 0 Å². The quantitative estimate of drug-likeness (QED) is 0.614. The molecule has 0 atom stereocenters. The maximum absolute atomic E-state index is 8.71. The largest absolute Gasteiger partial charge is 0.240 e. The second kappa shape index (κ2) is 2.54. The number of aromatic nitrogens is 2. The van der Waals surface area contributed by atoms with E-state index in [2.05, 4.69) is 16.0 Å². The third-order valence-corrected chi connectivity index (χ3v) is 2.73. The van der Waals surface area contributed by atoms with Crippen LogP contribution in [0, 0.1) is 18.3 Å². The van der Waals surface area contributed by atoms with Gasteiger partial charge >= 0.3 is 0 Å². The van der Waals surface area contributed by atoms with Crippen LogP contribution < -0.4 is 0 Å². The second-order valence-corrected chi connectivity index (χ2v) is 3.28. The molecule has 0 saturated carbocycles. The van der Waals surface area contributed by atoms with Crippen LogP contribution in [0.4, 0.5) is 0 Å². The van der Waals surface area contributed by atoms with Gasteiger partial charge in [-0.3, -0.25) is 0 Å². The minimum atomic E-state index is 0.639. The summed E-state index contributed by atoms with van der Waals surface area (Å²) in [7, 11) is 0. The van der Waals surface area contributed by atoms with E-state index in [1.807, 2.05) is 12.3 Å². The van der Waals surface area contributed by atoms with Crippen LogP contribution in [0.25, 0.3) is 10.2 Å². The lowest BCUT2D eigenvalue weighted by atomic mass is 10.3. The minimum Gasteiger partial charge on any atom is -0.240 e. The van der Waals surface area contributed by atoms with Gasteiger partial charge in [0.05, 0.1) is 16.0 Å². The lowest BCUT2D eigenvalue weighted by Crippen LogP contribution is -1.83. The lowest BCUT2D eigenvalue weighted by molar-refractivity contribution is 1.16. The molecule has 0 N–H and O–H groups in total. The molecule has 58 valence electrons. The Hall–Kier alpha value is -1.47. The smallest absolute Gasteiger partial charge is 0.116 e. The van der Waals surface area contributed by atoms with Crippen molar-refractivity contribution >= 4 is 21.6 Å². The summed E-state index contributed by atoms with van der Waals surface area (Å²) in [5, 5.41) is 10.5. The first kappa shape index (κ1) is 7.19. The number of aryl methyl sites for hydroxylation is 1. The molecule has 2 aromatic rings. The van der Waals surface area contributed by atoms with E-state index in [0.717, 1.165) is 15.9 Å². The van der Waals surface area contributed by atoms with Gasteiger partial charge in [0.15, 0.2) is 0 Å². The zero-order valence-corrected chi connectivity index (χ0v) is 7.22. The maximum atomic E-state index is 8.71. The van der Waals surface area contributed by atoms with Crippen molar-refractivity contribution in [3.8, 4) is 6.07 Å². The molecule has 3 nitrogen and oxygen atoms in total. The van der Waals surface area contributed by atoms with Crippen molar-refractivity contribution in [3.05, 3.63) is 23.0 Å². The number of nitrogens with zero attached hydrogens (tertiary/aromatic N) is 3. The predicted molar refractivity (Wildman–Crippen MR) is 46.9 cm³/mol. The highest BCUT2D eigenvalue weighted by molar-refractivity contribution is 7.17. The lowest BCUT2D eigenvalue weighted by Gasteiger charge is -1.91. The van der Waals surface area contributed by atoms with E-state index in [1.54, 1.807) is 0 Å². The molecule has 0 saturated heterocycles. The van der Waals surface area contributed by atoms with E-state index in [1.165, 1.54) is 17.7 Å². The van der Waals surface area contributed by atoms with Crippen LogP contribution in [0.15, 0.2) is 11.7 Å². The van der Waals surface area contributed by atoms with Gasteiger partial charge in [0, 0.05) is 5.38 Å². The molecular weight excluding hydrogens is 170 g/mol. The van der Waals surface area contributed by atoms with E-state index in [9.17, 15) is 0 Å². The average molecular weight is 175 g/mol. The number of hydrogen-bond acceptors (Lipinski definition) is 4. The molecule has 2 heterocycles. The summed E-state index contributed by atoms with van der Waals surface area (Å²) in [6.07, 6.45) is 1.49. The molecule has 2 aromatic heterocycles. The van der Waals surface area contributed by atoms with Gasteiger partial charge in [0.2, 0.25) is 0 Å². The summed E-state index contributed by atoms with van der Waals surface area (Å²) in [5.74, 6) is 0. The summed E-state index contributed by atoms with van der Waals surface area (Å²) < 4.78 is 1.01. The van der Waals surface area contributed by atoms with E-state index in [0.29, 0.717) is 5.56 Å². The Balaban J connectivity index is 2.91. The fourth-order valence-corrected chi connectivity index (χ4v) is 1.95. The Morgan fingerprint density at radius 1 is 1.50 bits per heavy atom. The Morgan fingerprint density at radius 3 is 3.08 bits per heavy atom. The molecule has 0 aromatic carbocycles. The molecule has 0 amide bonds. The van der Waals surface area contributed by atoms with Gasteiger partial charge in [-0.2, -0.15) is 5.26 Å². The normalized spacial score (nSPS) is 10.0. The molecule has 0 unspecified atom stereocenters. The van der Waals surface area contributed by atoms with Crippen molar-refractivity contribution in [2.45, 2.75) is 6.92 Å². The zero-order chi connectivity index (χ0) is 8.55. The Morgan fingerprint density at radius 2 is 2.33 bits per heavy atom. The van der Waals surface area contributed by atoms with Crippen LogP contribution in [0.1, 0.15) is 11.3 Å². The first-order chi connectivity index (χ1) is 5.83. The van der Waals surface area contributed by atoms with Crippen molar-refractivity contribution in [3.63, 3.8) is 0 Å². The third kappa shape index (κ3) is 0.874. The van der Waals surface area contributed by atoms with Crippen molar-refractivity contribution in [1.82, 2.24) is 9.97 Å². The van der Waals surface area contributed by atoms with Crippen molar-refractivity contribution in [2.75, 3.05) is 0 Å². The first-order valence-corrected chi connectivity index (χ1v) is 4.30. The van der Waals surface area contributed by atoms with Gasteiger partial charge in [-0.05, 0) is 6.92 Å². The molecule has 0 aliphatic rings. The Labute approximate surface area is 73.3 Å². The van der Waals surface area contributed by atoms with Crippen molar-refractivity contribution in [1.29, 1.82) is 5.26 Å². The molecule has 2 rings (SSSR count). The molecule has 4 heteroatoms. The molecule has 0 aliphatic heterocycles. The highest BCUT2D eigenvalue weighted by Gasteiger charge is 2.06. The van der Waals surface area contributed by atoms with Gasteiger partial charge in [-0.1, -0.05) is 0 Å². The molecule has 0 spiro atoms. The number of thiophene rings is 1. The molecule has 12 heavy (non-hydrogen) atoms. The van der Waals surface area contributed by atoms with E-state index in [-0.39, 0.29) is 0 Å². The van der Waals surface area contributed by atoms with Crippen LogP contribution >= 0.6 is 11.3 Å². The summed E-state index contributed by atoms with van der Waals surface area (Å²) in [6.45, 7) is 1.92. The van der Waals surface area contributed by atoms with Crippen LogP contribution in [-0.4, -0.2) is 9.97 Å². The molecular formula is C8H5N3S. The van der Waals surface area contributed by atoms with Gasteiger partial charge in [-0.15, -0.1) is 11.3 Å². The fraction of sp³-hybridized carbons (Fsp3) is 0.125. The Bertz CT molecular complexity index is 467. The van der Waals surface area contributed by atoms with Gasteiger partial charge in [0.25, 0.3) is 0 Å². The fourth-order valence-electron chi connectivity index (χ4n) is 1.05. The molecule has 0 radical (unpaired) electrons. The SMILES string of the molecule is Cc1ncnc2c(C#N)csc12. The first-order valence-electron chi connectivity index (χ1n) is 3.42. The van der Waals surface area contributed by atoms with Gasteiger partial charge in [-0.25, -0.2) is 9.97 Å². The summed E-state index contributed by atoms with van der Waals surface area (Å²) >= 11 is 1.52. The van der Waals surface area contributed by atoms with E-state index < -0.39 is 0 Å². The average Bonchev–Trinajstić information content (AvgIpc) is 2.49. The minimum absolute atomic E-state index is 0.639. The van der Waals surface area contributed by atoms with Crippen LogP contribution in [0.3, 0.4) is 0 Å². The van der Waals surface area contributed by atoms with Gasteiger partial charge in [0.1, 0.15) is 17.9 Å². The van der Waals surface area contributed by atoms with Crippen molar-refractivity contribution < 1.29 is 0 Å². The number of fused-ring (bicyclic) bond motifs is 1. The maximum Gasteiger partial charge on any atom is 0.116 e. The van der Waals surface area contributed by atoms with Crippen molar-refractivity contribution in [2.24, 2.45) is 0 Å². The monoisotopic (exact) mass is 175 g/mol. The van der Waals surface area contributed by atoms with Gasteiger partial charge < -0.3 is 0 Å². The summed E-state index contributed by atoms with van der Waals surface area (Å²) in [6, 6.07) is 2.10. The zero-order valence-electron chi connectivity index (χ0n) is 6.40. The second-order valence-electron chi connectivity index (χ2n) is 2.40. The molecule has 0 fully saturated rings. The van der Waals surface area contributed by atoms with Crippen LogP contribution in [0.5, 0.6) is 0 Å². The number of nitriles is 1.